The van der Waals surface area contributed by atoms with E-state index in [4.69, 9.17) is 0 Å². The summed E-state index contributed by atoms with van der Waals surface area (Å²) in [6.45, 7) is 9.29. The molecule has 0 saturated carbocycles. The van der Waals surface area contributed by atoms with Crippen LogP contribution in [0, 0.1) is 5.92 Å². The van der Waals surface area contributed by atoms with Gasteiger partial charge in [0.1, 0.15) is 6.23 Å². The van der Waals surface area contributed by atoms with E-state index < -0.39 is 0 Å². The smallest absolute Gasteiger partial charge is 0.131 e. The molecule has 2 nitrogen and oxygen atoms in total. The predicted molar refractivity (Wildman–Crippen MR) is 97.8 cm³/mol. The van der Waals surface area contributed by atoms with E-state index in [0.717, 1.165) is 19.3 Å². The van der Waals surface area contributed by atoms with Crippen molar-refractivity contribution in [2.75, 3.05) is 0 Å². The molecular formula is C21H31NO. The first-order valence-electron chi connectivity index (χ1n) is 9.32. The van der Waals surface area contributed by atoms with Gasteiger partial charge in [0.15, 0.2) is 0 Å². The number of aromatic nitrogens is 1. The van der Waals surface area contributed by atoms with Crippen LogP contribution in [0.3, 0.4) is 0 Å². The van der Waals surface area contributed by atoms with E-state index >= 15 is 0 Å². The highest BCUT2D eigenvalue weighted by Crippen LogP contribution is 2.49. The van der Waals surface area contributed by atoms with Crippen molar-refractivity contribution < 1.29 is 5.11 Å². The average Bonchev–Trinajstić information content (AvgIpc) is 2.86. The summed E-state index contributed by atoms with van der Waals surface area (Å²) in [5.41, 5.74) is 4.19. The second-order valence-corrected chi connectivity index (χ2v) is 7.74. The molecule has 2 heterocycles. The fourth-order valence-corrected chi connectivity index (χ4v) is 4.62. The Morgan fingerprint density at radius 2 is 1.91 bits per heavy atom. The zero-order valence-electron chi connectivity index (χ0n) is 15.1. The number of para-hydroxylation sites is 1. The molecule has 0 amide bonds. The van der Waals surface area contributed by atoms with Gasteiger partial charge in [-0.1, -0.05) is 65.2 Å². The van der Waals surface area contributed by atoms with Crippen LogP contribution in [0.5, 0.6) is 0 Å². The number of aliphatic hydroxyl groups excluding tert-OH is 1. The largest absolute Gasteiger partial charge is 0.373 e. The molecule has 2 aromatic rings. The highest BCUT2D eigenvalue weighted by molar-refractivity contribution is 5.86. The van der Waals surface area contributed by atoms with Gasteiger partial charge in [0.25, 0.3) is 0 Å². The van der Waals surface area contributed by atoms with Crippen LogP contribution in [0.25, 0.3) is 10.9 Å². The van der Waals surface area contributed by atoms with E-state index in [1.54, 1.807) is 0 Å². The van der Waals surface area contributed by atoms with Crippen LogP contribution >= 0.6 is 0 Å². The lowest BCUT2D eigenvalue weighted by atomic mass is 9.68. The van der Waals surface area contributed by atoms with Crippen LogP contribution in [-0.2, 0) is 11.8 Å². The number of hydrogen-bond acceptors (Lipinski definition) is 1. The Bertz CT molecular complexity index is 682. The Hall–Kier alpha value is -1.28. The third-order valence-corrected chi connectivity index (χ3v) is 5.85. The molecule has 2 heteroatoms. The van der Waals surface area contributed by atoms with Crippen LogP contribution in [0.1, 0.15) is 77.3 Å². The molecule has 0 saturated heterocycles. The minimum Gasteiger partial charge on any atom is -0.373 e. The van der Waals surface area contributed by atoms with Gasteiger partial charge < -0.3 is 9.67 Å². The fraction of sp³-hybridized carbons (Fsp3) is 0.619. The van der Waals surface area contributed by atoms with Crippen LogP contribution in [0.15, 0.2) is 24.3 Å². The number of rotatable bonds is 5. The summed E-state index contributed by atoms with van der Waals surface area (Å²) in [5.74, 6) is 0.560. The fourth-order valence-electron chi connectivity index (χ4n) is 4.62. The number of fused-ring (bicyclic) bond motifs is 3. The summed E-state index contributed by atoms with van der Waals surface area (Å²) in [6.07, 6.45) is 6.44. The minimum atomic E-state index is -0.379. The van der Waals surface area contributed by atoms with Crippen molar-refractivity contribution in [3.8, 4) is 0 Å². The van der Waals surface area contributed by atoms with E-state index in [1.807, 2.05) is 0 Å². The van der Waals surface area contributed by atoms with E-state index in [1.165, 1.54) is 41.4 Å². The van der Waals surface area contributed by atoms with Crippen molar-refractivity contribution in [1.82, 2.24) is 4.57 Å². The highest BCUT2D eigenvalue weighted by Gasteiger charge is 2.42. The van der Waals surface area contributed by atoms with Crippen molar-refractivity contribution in [1.29, 1.82) is 0 Å². The lowest BCUT2D eigenvalue weighted by molar-refractivity contribution is 0.0293. The molecule has 2 atom stereocenters. The molecule has 3 rings (SSSR count). The van der Waals surface area contributed by atoms with Crippen molar-refractivity contribution in [3.05, 3.63) is 35.5 Å². The zero-order chi connectivity index (χ0) is 16.6. The summed E-state index contributed by atoms with van der Waals surface area (Å²) in [5, 5.41) is 12.2. The molecule has 1 aliphatic heterocycles. The van der Waals surface area contributed by atoms with Crippen LogP contribution in [0.2, 0.25) is 0 Å². The monoisotopic (exact) mass is 313 g/mol. The molecule has 126 valence electrons. The van der Waals surface area contributed by atoms with Gasteiger partial charge in [-0.15, -0.1) is 0 Å². The molecular weight excluding hydrogens is 282 g/mol. The Balaban J connectivity index is 2.21. The maximum atomic E-state index is 10.9. The first kappa shape index (κ1) is 16.6. The van der Waals surface area contributed by atoms with Gasteiger partial charge in [0.05, 0.1) is 5.52 Å². The van der Waals surface area contributed by atoms with Crippen LogP contribution in [0.4, 0.5) is 0 Å². The van der Waals surface area contributed by atoms with Crippen molar-refractivity contribution in [2.24, 2.45) is 5.92 Å². The summed E-state index contributed by atoms with van der Waals surface area (Å²) in [6, 6.07) is 8.62. The number of hydrogen-bond donors (Lipinski definition) is 1. The molecule has 1 N–H and O–H groups in total. The predicted octanol–water partition coefficient (Wildman–Crippen LogP) is 5.57. The van der Waals surface area contributed by atoms with Crippen LogP contribution < -0.4 is 0 Å². The molecule has 1 aromatic carbocycles. The van der Waals surface area contributed by atoms with E-state index in [9.17, 15) is 5.11 Å². The van der Waals surface area contributed by atoms with E-state index in [2.05, 4.69) is 56.5 Å². The van der Waals surface area contributed by atoms with Gasteiger partial charge >= 0.3 is 0 Å². The molecule has 0 radical (unpaired) electrons. The van der Waals surface area contributed by atoms with Gasteiger partial charge in [0.2, 0.25) is 0 Å². The molecule has 0 spiro atoms. The molecule has 1 aromatic heterocycles. The zero-order valence-corrected chi connectivity index (χ0v) is 15.1. The van der Waals surface area contributed by atoms with Crippen molar-refractivity contribution in [3.63, 3.8) is 0 Å². The van der Waals surface area contributed by atoms with Gasteiger partial charge in [-0.2, -0.15) is 0 Å². The minimum absolute atomic E-state index is 0.123. The number of aliphatic hydroxyl groups is 1. The van der Waals surface area contributed by atoms with E-state index in [0.29, 0.717) is 5.92 Å². The standard InChI is InChI=1S/C21H31NO/c1-5-7-11-15-14-19(23)22-18-13-9-8-12-16(18)17(10-6-2)20(22)21(15,3)4/h8-9,12-13,15,19,23H,5-7,10-11,14H2,1-4H3. The number of unbranched alkanes of at least 4 members (excludes halogenated alkanes) is 1. The van der Waals surface area contributed by atoms with Crippen LogP contribution in [-0.4, -0.2) is 9.67 Å². The Morgan fingerprint density at radius 1 is 1.17 bits per heavy atom. The first-order chi connectivity index (χ1) is 11.0. The molecule has 23 heavy (non-hydrogen) atoms. The van der Waals surface area contributed by atoms with Gasteiger partial charge in [-0.05, 0) is 36.8 Å². The highest BCUT2D eigenvalue weighted by atomic mass is 16.3. The number of nitrogens with zero attached hydrogens (tertiary/aromatic N) is 1. The summed E-state index contributed by atoms with van der Waals surface area (Å²) in [7, 11) is 0. The molecule has 2 unspecified atom stereocenters. The molecule has 0 aliphatic carbocycles. The lowest BCUT2D eigenvalue weighted by Crippen LogP contribution is -2.39. The lowest BCUT2D eigenvalue weighted by Gasteiger charge is -2.43. The Morgan fingerprint density at radius 3 is 2.61 bits per heavy atom. The summed E-state index contributed by atoms with van der Waals surface area (Å²) in [4.78, 5) is 0. The summed E-state index contributed by atoms with van der Waals surface area (Å²) < 4.78 is 2.24. The Labute approximate surface area is 140 Å². The van der Waals surface area contributed by atoms with Crippen molar-refractivity contribution >= 4 is 10.9 Å². The maximum Gasteiger partial charge on any atom is 0.131 e. The quantitative estimate of drug-likeness (QED) is 0.766. The van der Waals surface area contributed by atoms with E-state index in [-0.39, 0.29) is 11.6 Å². The number of aryl methyl sites for hydroxylation is 1. The number of benzene rings is 1. The first-order valence-corrected chi connectivity index (χ1v) is 9.32. The van der Waals surface area contributed by atoms with Gasteiger partial charge in [-0.3, -0.25) is 0 Å². The molecule has 0 bridgehead atoms. The van der Waals surface area contributed by atoms with Crippen molar-refractivity contribution in [2.45, 2.75) is 77.9 Å². The second kappa shape index (κ2) is 6.32. The topological polar surface area (TPSA) is 25.2 Å². The molecule has 0 fully saturated rings. The normalized spacial score (nSPS) is 23.2. The third-order valence-electron chi connectivity index (χ3n) is 5.85. The second-order valence-electron chi connectivity index (χ2n) is 7.74. The van der Waals surface area contributed by atoms with Gasteiger partial charge in [0, 0.05) is 16.5 Å². The summed E-state index contributed by atoms with van der Waals surface area (Å²) >= 11 is 0. The Kier molecular flexibility index (Phi) is 4.55. The molecule has 1 aliphatic rings. The third kappa shape index (κ3) is 2.61. The SMILES string of the molecule is CCCCC1CC(O)n2c(c(CCC)c3ccccc32)C1(C)C. The maximum absolute atomic E-state index is 10.9. The van der Waals surface area contributed by atoms with Gasteiger partial charge in [-0.25, -0.2) is 0 Å². The average molecular weight is 313 g/mol.